The second-order valence-corrected chi connectivity index (χ2v) is 6.39. The van der Waals surface area contributed by atoms with E-state index >= 15 is 0 Å². The first-order chi connectivity index (χ1) is 9.12. The molecule has 1 heterocycles. The Morgan fingerprint density at radius 3 is 2.63 bits per heavy atom. The normalized spacial score (nSPS) is 21.5. The van der Waals surface area contributed by atoms with Crippen molar-refractivity contribution in [2.24, 2.45) is 5.41 Å². The second-order valence-electron chi connectivity index (χ2n) is 6.39. The van der Waals surface area contributed by atoms with Crippen LogP contribution in [0.1, 0.15) is 33.1 Å². The average Bonchev–Trinajstić information content (AvgIpc) is 2.99. The lowest BCUT2D eigenvalue weighted by molar-refractivity contribution is 0.378. The zero-order chi connectivity index (χ0) is 13.3. The molecule has 0 aliphatic heterocycles. The van der Waals surface area contributed by atoms with Gasteiger partial charge in [-0.2, -0.15) is 0 Å². The third kappa shape index (κ3) is 2.83. The third-order valence-electron chi connectivity index (χ3n) is 4.09. The lowest BCUT2D eigenvalue weighted by Crippen LogP contribution is -2.17. The Balaban J connectivity index is 1.74. The van der Waals surface area contributed by atoms with E-state index in [0.717, 1.165) is 0 Å². The maximum Gasteiger partial charge on any atom is 0.0469 e. The Hall–Kier alpha value is -1.70. The van der Waals surface area contributed by atoms with Gasteiger partial charge in [-0.3, -0.25) is 0 Å². The van der Waals surface area contributed by atoms with Gasteiger partial charge in [0.1, 0.15) is 0 Å². The number of aromatic nitrogens is 1. The molecular weight excluding hydrogens is 232 g/mol. The summed E-state index contributed by atoms with van der Waals surface area (Å²) in [6.45, 7) is 4.73. The van der Waals surface area contributed by atoms with Gasteiger partial charge in [-0.05, 0) is 55.0 Å². The van der Waals surface area contributed by atoms with E-state index in [4.69, 9.17) is 0 Å². The molecule has 1 aliphatic carbocycles. The Labute approximate surface area is 115 Å². The largest absolute Gasteiger partial charge is 0.382 e. The fourth-order valence-electron chi connectivity index (χ4n) is 3.06. The summed E-state index contributed by atoms with van der Waals surface area (Å²) in [5, 5.41) is 3.69. The molecule has 1 saturated carbocycles. The van der Waals surface area contributed by atoms with Gasteiger partial charge < -0.3 is 9.88 Å². The van der Waals surface area contributed by atoms with Gasteiger partial charge in [0.05, 0.1) is 0 Å². The predicted molar refractivity (Wildman–Crippen MR) is 80.8 cm³/mol. The van der Waals surface area contributed by atoms with Gasteiger partial charge in [0.2, 0.25) is 0 Å². The van der Waals surface area contributed by atoms with Crippen LogP contribution in [-0.4, -0.2) is 10.6 Å². The van der Waals surface area contributed by atoms with Crippen molar-refractivity contribution in [3.8, 4) is 5.69 Å². The first kappa shape index (κ1) is 12.3. The lowest BCUT2D eigenvalue weighted by atomic mass is 9.92. The Morgan fingerprint density at radius 2 is 1.95 bits per heavy atom. The number of benzene rings is 1. The minimum atomic E-state index is 0.496. The van der Waals surface area contributed by atoms with Crippen LogP contribution in [0, 0.1) is 5.41 Å². The smallest absolute Gasteiger partial charge is 0.0469 e. The number of rotatable bonds is 3. The van der Waals surface area contributed by atoms with Crippen molar-refractivity contribution in [3.05, 3.63) is 48.8 Å². The number of hydrogen-bond acceptors (Lipinski definition) is 1. The number of hydrogen-bond donors (Lipinski definition) is 1. The summed E-state index contributed by atoms with van der Waals surface area (Å²) in [6, 6.07) is 13.4. The Morgan fingerprint density at radius 1 is 1.16 bits per heavy atom. The molecule has 1 aromatic heterocycles. The van der Waals surface area contributed by atoms with E-state index in [0.29, 0.717) is 11.5 Å². The lowest BCUT2D eigenvalue weighted by Gasteiger charge is -2.19. The van der Waals surface area contributed by atoms with E-state index in [1.165, 1.54) is 30.6 Å². The van der Waals surface area contributed by atoms with Gasteiger partial charge >= 0.3 is 0 Å². The molecule has 19 heavy (non-hydrogen) atoms. The molecule has 100 valence electrons. The van der Waals surface area contributed by atoms with Crippen LogP contribution < -0.4 is 5.32 Å². The van der Waals surface area contributed by atoms with Crippen molar-refractivity contribution in [1.29, 1.82) is 0 Å². The molecular formula is C17H22N2. The van der Waals surface area contributed by atoms with Gasteiger partial charge in [0.25, 0.3) is 0 Å². The molecule has 1 atom stereocenters. The zero-order valence-corrected chi connectivity index (χ0v) is 11.8. The van der Waals surface area contributed by atoms with E-state index in [1.807, 2.05) is 0 Å². The number of anilines is 1. The molecule has 1 aromatic carbocycles. The molecule has 2 nitrogen and oxygen atoms in total. The van der Waals surface area contributed by atoms with Crippen molar-refractivity contribution in [2.45, 2.75) is 39.2 Å². The van der Waals surface area contributed by atoms with Crippen molar-refractivity contribution in [1.82, 2.24) is 4.57 Å². The first-order valence-corrected chi connectivity index (χ1v) is 7.12. The van der Waals surface area contributed by atoms with Crippen LogP contribution in [0.2, 0.25) is 0 Å². The van der Waals surface area contributed by atoms with Gasteiger partial charge in [-0.15, -0.1) is 0 Å². The monoisotopic (exact) mass is 254 g/mol. The highest BCUT2D eigenvalue weighted by Gasteiger charge is 2.30. The van der Waals surface area contributed by atoms with Crippen LogP contribution >= 0.6 is 0 Å². The van der Waals surface area contributed by atoms with Crippen LogP contribution in [0.4, 0.5) is 5.69 Å². The first-order valence-electron chi connectivity index (χ1n) is 7.12. The van der Waals surface area contributed by atoms with E-state index < -0.39 is 0 Å². The van der Waals surface area contributed by atoms with Gasteiger partial charge in [0.15, 0.2) is 0 Å². The number of nitrogens with one attached hydrogen (secondary N) is 1. The highest BCUT2D eigenvalue weighted by atomic mass is 15.0. The molecule has 0 bridgehead atoms. The second kappa shape index (κ2) is 4.76. The Kier molecular flexibility index (Phi) is 3.09. The third-order valence-corrected chi connectivity index (χ3v) is 4.09. The minimum absolute atomic E-state index is 0.496. The summed E-state index contributed by atoms with van der Waals surface area (Å²) in [5.74, 6) is 0. The van der Waals surface area contributed by atoms with Crippen molar-refractivity contribution in [3.63, 3.8) is 0 Å². The maximum absolute atomic E-state index is 3.69. The Bertz CT molecular complexity index is 540. The molecule has 1 fully saturated rings. The summed E-state index contributed by atoms with van der Waals surface area (Å²) >= 11 is 0. The van der Waals surface area contributed by atoms with Crippen molar-refractivity contribution in [2.75, 3.05) is 5.32 Å². The molecule has 1 N–H and O–H groups in total. The highest BCUT2D eigenvalue weighted by molar-refractivity contribution is 5.52. The summed E-state index contributed by atoms with van der Waals surface area (Å²) in [5.41, 5.74) is 2.94. The topological polar surface area (TPSA) is 17.0 Å². The molecule has 0 amide bonds. The average molecular weight is 254 g/mol. The van der Waals surface area contributed by atoms with E-state index in [-0.39, 0.29) is 0 Å². The summed E-state index contributed by atoms with van der Waals surface area (Å²) in [4.78, 5) is 0. The van der Waals surface area contributed by atoms with Crippen LogP contribution in [0.3, 0.4) is 0 Å². The van der Waals surface area contributed by atoms with E-state index in [1.54, 1.807) is 0 Å². The van der Waals surface area contributed by atoms with E-state index in [9.17, 15) is 0 Å². The minimum Gasteiger partial charge on any atom is -0.382 e. The van der Waals surface area contributed by atoms with Crippen LogP contribution in [0.5, 0.6) is 0 Å². The maximum atomic E-state index is 3.69. The van der Waals surface area contributed by atoms with Crippen LogP contribution in [-0.2, 0) is 0 Å². The quantitative estimate of drug-likeness (QED) is 0.855. The molecule has 2 aromatic rings. The molecule has 0 radical (unpaired) electrons. The summed E-state index contributed by atoms with van der Waals surface area (Å²) in [7, 11) is 0. The zero-order valence-electron chi connectivity index (χ0n) is 11.8. The fraction of sp³-hybridized carbons (Fsp3) is 0.412. The molecule has 0 saturated heterocycles. The van der Waals surface area contributed by atoms with Crippen LogP contribution in [0.15, 0.2) is 48.8 Å². The van der Waals surface area contributed by atoms with Crippen LogP contribution in [0.25, 0.3) is 5.69 Å². The standard InChI is InChI=1S/C17H22N2/c1-17(2)9-8-15(13-17)18-14-6-5-7-16(12-14)19-10-3-4-11-19/h3-7,10-12,15,18H,8-9,13H2,1-2H3. The molecule has 2 heteroatoms. The molecule has 0 spiro atoms. The molecule has 3 rings (SSSR count). The van der Waals surface area contributed by atoms with Gasteiger partial charge in [0, 0.05) is 29.8 Å². The molecule has 1 unspecified atom stereocenters. The van der Waals surface area contributed by atoms with E-state index in [2.05, 4.69) is 72.5 Å². The van der Waals surface area contributed by atoms with Gasteiger partial charge in [-0.25, -0.2) is 0 Å². The predicted octanol–water partition coefficient (Wildman–Crippen LogP) is 4.47. The molecule has 1 aliphatic rings. The SMILES string of the molecule is CC1(C)CCC(Nc2cccc(-n3cccc3)c2)C1. The number of nitrogens with zero attached hydrogens (tertiary/aromatic N) is 1. The fourth-order valence-corrected chi connectivity index (χ4v) is 3.06. The van der Waals surface area contributed by atoms with Crippen molar-refractivity contribution >= 4 is 5.69 Å². The van der Waals surface area contributed by atoms with Crippen molar-refractivity contribution < 1.29 is 0 Å². The highest BCUT2D eigenvalue weighted by Crippen LogP contribution is 2.38. The van der Waals surface area contributed by atoms with Gasteiger partial charge in [-0.1, -0.05) is 19.9 Å². The summed E-state index contributed by atoms with van der Waals surface area (Å²) in [6.07, 6.45) is 8.03. The summed E-state index contributed by atoms with van der Waals surface area (Å²) < 4.78 is 2.14.